The highest BCUT2D eigenvalue weighted by Gasteiger charge is 2.09. The Balaban J connectivity index is 2.27. The number of benzene rings is 1. The predicted octanol–water partition coefficient (Wildman–Crippen LogP) is 2.29. The molecule has 1 heterocycles. The van der Waals surface area contributed by atoms with E-state index in [-0.39, 0.29) is 12.5 Å². The van der Waals surface area contributed by atoms with Gasteiger partial charge in [-0.1, -0.05) is 11.8 Å². The van der Waals surface area contributed by atoms with Gasteiger partial charge in [0.15, 0.2) is 0 Å². The number of rotatable bonds is 2. The number of aliphatic hydroxyl groups excluding tert-OH is 1. The van der Waals surface area contributed by atoms with Crippen LogP contribution in [-0.4, -0.2) is 22.6 Å². The minimum atomic E-state index is -0.203. The molecule has 2 N–H and O–H groups in total. The number of nitrogens with one attached hydrogen (secondary N) is 1. The quantitative estimate of drug-likeness (QED) is 0.830. The number of aryl methyl sites for hydroxylation is 2. The van der Waals surface area contributed by atoms with Gasteiger partial charge in [0.05, 0.1) is 0 Å². The number of carbonyl (C=O) groups excluding carboxylic acids is 1. The van der Waals surface area contributed by atoms with E-state index >= 15 is 0 Å². The minimum Gasteiger partial charge on any atom is -0.384 e. The molecule has 0 spiro atoms. The summed E-state index contributed by atoms with van der Waals surface area (Å²) in [5.41, 5.74) is 3.82. The number of pyridine rings is 1. The van der Waals surface area contributed by atoms with Gasteiger partial charge in [0.1, 0.15) is 6.61 Å². The predicted molar refractivity (Wildman–Crippen MR) is 82.1 cm³/mol. The molecule has 0 bridgehead atoms. The summed E-state index contributed by atoms with van der Waals surface area (Å²) in [4.78, 5) is 16.3. The van der Waals surface area contributed by atoms with Crippen molar-refractivity contribution in [2.24, 2.45) is 0 Å². The lowest BCUT2D eigenvalue weighted by Gasteiger charge is -2.08. The van der Waals surface area contributed by atoms with Crippen molar-refractivity contribution < 1.29 is 9.90 Å². The molecule has 0 atom stereocenters. The topological polar surface area (TPSA) is 62.2 Å². The molecule has 0 saturated heterocycles. The number of aliphatic hydroxyl groups is 1. The number of anilines is 1. The second-order valence-electron chi connectivity index (χ2n) is 4.69. The normalized spacial score (nSPS) is 9.67. The Kier molecular flexibility index (Phi) is 4.70. The number of hydrogen-bond donors (Lipinski definition) is 2. The van der Waals surface area contributed by atoms with Gasteiger partial charge in [-0.05, 0) is 49.2 Å². The van der Waals surface area contributed by atoms with Crippen LogP contribution in [0.3, 0.4) is 0 Å². The van der Waals surface area contributed by atoms with Crippen LogP contribution in [0.4, 0.5) is 5.69 Å². The van der Waals surface area contributed by atoms with Gasteiger partial charge < -0.3 is 10.4 Å². The fourth-order valence-electron chi connectivity index (χ4n) is 1.94. The number of hydrogen-bond acceptors (Lipinski definition) is 3. The van der Waals surface area contributed by atoms with E-state index in [0.717, 1.165) is 16.8 Å². The Morgan fingerprint density at radius 1 is 1.33 bits per heavy atom. The van der Waals surface area contributed by atoms with Gasteiger partial charge in [-0.2, -0.15) is 0 Å². The number of amides is 1. The summed E-state index contributed by atoms with van der Waals surface area (Å²) in [5, 5.41) is 11.6. The summed E-state index contributed by atoms with van der Waals surface area (Å²) < 4.78 is 0. The van der Waals surface area contributed by atoms with Gasteiger partial charge >= 0.3 is 0 Å². The molecule has 21 heavy (non-hydrogen) atoms. The van der Waals surface area contributed by atoms with Crippen LogP contribution in [0, 0.1) is 25.7 Å². The SMILES string of the molecule is Cc1cc(C#CCO)cc(C(=O)Nc2ccncc2C)c1. The minimum absolute atomic E-state index is 0.194. The molecule has 4 nitrogen and oxygen atoms in total. The van der Waals surface area contributed by atoms with Gasteiger partial charge in [-0.25, -0.2) is 0 Å². The maximum Gasteiger partial charge on any atom is 0.255 e. The Bertz CT molecular complexity index is 727. The van der Waals surface area contributed by atoms with Crippen molar-refractivity contribution in [1.29, 1.82) is 0 Å². The zero-order valence-electron chi connectivity index (χ0n) is 12.0. The van der Waals surface area contributed by atoms with E-state index in [4.69, 9.17) is 5.11 Å². The average Bonchev–Trinajstić information content (AvgIpc) is 2.47. The number of aromatic nitrogens is 1. The van der Waals surface area contributed by atoms with Crippen molar-refractivity contribution in [3.05, 3.63) is 58.9 Å². The van der Waals surface area contributed by atoms with E-state index in [2.05, 4.69) is 22.1 Å². The van der Waals surface area contributed by atoms with Crippen molar-refractivity contribution in [2.75, 3.05) is 11.9 Å². The smallest absolute Gasteiger partial charge is 0.255 e. The largest absolute Gasteiger partial charge is 0.384 e. The van der Waals surface area contributed by atoms with E-state index in [1.165, 1.54) is 0 Å². The van der Waals surface area contributed by atoms with E-state index < -0.39 is 0 Å². The maximum absolute atomic E-state index is 12.3. The molecule has 2 rings (SSSR count). The van der Waals surface area contributed by atoms with Gasteiger partial charge in [-0.15, -0.1) is 0 Å². The van der Waals surface area contributed by atoms with E-state index in [0.29, 0.717) is 11.1 Å². The van der Waals surface area contributed by atoms with E-state index in [1.807, 2.05) is 19.9 Å². The highest BCUT2D eigenvalue weighted by Crippen LogP contribution is 2.15. The lowest BCUT2D eigenvalue weighted by atomic mass is 10.1. The molecule has 1 amide bonds. The molecular formula is C17H16N2O2. The van der Waals surface area contributed by atoms with Gasteiger partial charge in [-0.3, -0.25) is 9.78 Å². The fourth-order valence-corrected chi connectivity index (χ4v) is 1.94. The third-order valence-electron chi connectivity index (χ3n) is 2.92. The molecule has 1 aromatic heterocycles. The summed E-state index contributed by atoms with van der Waals surface area (Å²) in [6.07, 6.45) is 3.33. The molecule has 2 aromatic rings. The van der Waals surface area contributed by atoms with Crippen LogP contribution in [-0.2, 0) is 0 Å². The molecule has 4 heteroatoms. The Morgan fingerprint density at radius 3 is 2.86 bits per heavy atom. The molecule has 0 saturated carbocycles. The lowest BCUT2D eigenvalue weighted by Crippen LogP contribution is -2.13. The number of nitrogens with zero attached hydrogens (tertiary/aromatic N) is 1. The summed E-state index contributed by atoms with van der Waals surface area (Å²) in [7, 11) is 0. The first-order valence-corrected chi connectivity index (χ1v) is 6.53. The third-order valence-corrected chi connectivity index (χ3v) is 2.92. The monoisotopic (exact) mass is 280 g/mol. The van der Waals surface area contributed by atoms with Crippen LogP contribution >= 0.6 is 0 Å². The zero-order chi connectivity index (χ0) is 15.2. The van der Waals surface area contributed by atoms with Crippen LogP contribution in [0.15, 0.2) is 36.7 Å². The Labute approximate surface area is 123 Å². The van der Waals surface area contributed by atoms with E-state index in [9.17, 15) is 4.79 Å². The van der Waals surface area contributed by atoms with Crippen molar-refractivity contribution in [1.82, 2.24) is 4.98 Å². The Morgan fingerprint density at radius 2 is 2.14 bits per heavy atom. The molecular weight excluding hydrogens is 264 g/mol. The Hall–Kier alpha value is -2.64. The summed E-state index contributed by atoms with van der Waals surface area (Å²) >= 11 is 0. The maximum atomic E-state index is 12.3. The zero-order valence-corrected chi connectivity index (χ0v) is 12.0. The highest BCUT2D eigenvalue weighted by molar-refractivity contribution is 6.04. The standard InChI is InChI=1S/C17H16N2O2/c1-12-8-14(4-3-7-20)10-15(9-12)17(21)19-16-5-6-18-11-13(16)2/h5-6,8-11,20H,7H2,1-2H3,(H,18,19,21). The van der Waals surface area contributed by atoms with E-state index in [1.54, 1.807) is 30.6 Å². The summed E-state index contributed by atoms with van der Waals surface area (Å²) in [6, 6.07) is 7.14. The number of carbonyl (C=O) groups is 1. The lowest BCUT2D eigenvalue weighted by molar-refractivity contribution is 0.102. The van der Waals surface area contributed by atoms with Gasteiger partial charge in [0.2, 0.25) is 0 Å². The summed E-state index contributed by atoms with van der Waals surface area (Å²) in [5.74, 6) is 5.20. The van der Waals surface area contributed by atoms with Crippen molar-refractivity contribution >= 4 is 11.6 Å². The molecule has 0 aliphatic heterocycles. The highest BCUT2D eigenvalue weighted by atomic mass is 16.2. The molecule has 0 aliphatic rings. The molecule has 0 radical (unpaired) electrons. The second kappa shape index (κ2) is 6.69. The van der Waals surface area contributed by atoms with Crippen molar-refractivity contribution in [2.45, 2.75) is 13.8 Å². The van der Waals surface area contributed by atoms with Gasteiger partial charge in [0, 0.05) is 29.2 Å². The first-order chi connectivity index (χ1) is 10.1. The van der Waals surface area contributed by atoms with Crippen molar-refractivity contribution in [3.63, 3.8) is 0 Å². The average molecular weight is 280 g/mol. The molecule has 0 fully saturated rings. The van der Waals surface area contributed by atoms with Gasteiger partial charge in [0.25, 0.3) is 5.91 Å². The molecule has 0 unspecified atom stereocenters. The van der Waals surface area contributed by atoms with Crippen LogP contribution in [0.5, 0.6) is 0 Å². The van der Waals surface area contributed by atoms with Crippen LogP contribution < -0.4 is 5.32 Å². The van der Waals surface area contributed by atoms with Crippen LogP contribution in [0.25, 0.3) is 0 Å². The molecule has 0 aliphatic carbocycles. The van der Waals surface area contributed by atoms with Crippen LogP contribution in [0.2, 0.25) is 0 Å². The van der Waals surface area contributed by atoms with Crippen molar-refractivity contribution in [3.8, 4) is 11.8 Å². The third kappa shape index (κ3) is 3.91. The first-order valence-electron chi connectivity index (χ1n) is 6.53. The molecule has 106 valence electrons. The fraction of sp³-hybridized carbons (Fsp3) is 0.176. The molecule has 1 aromatic carbocycles. The van der Waals surface area contributed by atoms with Crippen LogP contribution in [0.1, 0.15) is 27.0 Å². The second-order valence-corrected chi connectivity index (χ2v) is 4.69. The first kappa shape index (κ1) is 14.8. The summed E-state index contributed by atoms with van der Waals surface area (Å²) in [6.45, 7) is 3.58.